The molecule has 12 aromatic carbocycles. The van der Waals surface area contributed by atoms with Crippen molar-refractivity contribution >= 4 is 85.3 Å². The molecule has 15 rings (SSSR count). The first-order valence-electron chi connectivity index (χ1n) is 27.8. The van der Waals surface area contributed by atoms with Crippen LogP contribution in [0.5, 0.6) is 0 Å². The summed E-state index contributed by atoms with van der Waals surface area (Å²) in [5.41, 5.74) is 28.6. The van der Waals surface area contributed by atoms with E-state index < -0.39 is 0 Å². The van der Waals surface area contributed by atoms with E-state index in [1.807, 2.05) is 0 Å². The standard InChI is InChI=1S/C75H56N6/c1-76-62-30-7-13-36-68(62)79(69-37-14-8-31-63(69)76)57-27-19-24-54(48-57)51-42-44-53(45-43-51)75-61(56-26-21-29-59(50-56)81-72-40-17-11-34-66(72)78(3)67-35-12-18-41-73(67)81)47-46-60(74(75)52-22-5-4-6-23-52)55-25-20-28-58(49-55)80-70-38-15-9-32-64(70)77(2)65-33-10-16-39-71(65)80/h4-50H,1-3H3. The Morgan fingerprint density at radius 1 is 0.185 bits per heavy atom. The van der Waals surface area contributed by atoms with Gasteiger partial charge in [-0.1, -0.05) is 176 Å². The molecule has 6 heteroatoms. The monoisotopic (exact) mass is 1040 g/mol. The van der Waals surface area contributed by atoms with Gasteiger partial charge < -0.3 is 29.4 Å². The molecule has 0 bridgehead atoms. The van der Waals surface area contributed by atoms with E-state index in [2.05, 4.69) is 336 Å². The molecule has 81 heavy (non-hydrogen) atoms. The molecule has 0 saturated carbocycles. The molecule has 0 unspecified atom stereocenters. The van der Waals surface area contributed by atoms with Crippen LogP contribution in [-0.2, 0) is 0 Å². The van der Waals surface area contributed by atoms with Crippen molar-refractivity contribution in [1.29, 1.82) is 0 Å². The Labute approximate surface area is 474 Å². The quantitative estimate of drug-likeness (QED) is 0.150. The largest absolute Gasteiger partial charge is 0.341 e. The minimum atomic E-state index is 1.10. The molecule has 3 heterocycles. The number of anilines is 15. The highest BCUT2D eigenvalue weighted by molar-refractivity contribution is 6.05. The fourth-order valence-corrected chi connectivity index (χ4v) is 12.8. The molecule has 0 amide bonds. The number of nitrogens with zero attached hydrogens (tertiary/aromatic N) is 6. The fourth-order valence-electron chi connectivity index (χ4n) is 12.8. The lowest BCUT2D eigenvalue weighted by atomic mass is 9.82. The van der Waals surface area contributed by atoms with Crippen molar-refractivity contribution in [1.82, 2.24) is 0 Å². The van der Waals surface area contributed by atoms with E-state index in [1.165, 1.54) is 22.5 Å². The molecule has 12 aromatic rings. The molecular weight excluding hydrogens is 985 g/mol. The maximum atomic E-state index is 2.42. The first-order chi connectivity index (χ1) is 40.0. The van der Waals surface area contributed by atoms with Gasteiger partial charge in [-0.25, -0.2) is 0 Å². The van der Waals surface area contributed by atoms with Crippen LogP contribution in [0.4, 0.5) is 85.3 Å². The van der Waals surface area contributed by atoms with Gasteiger partial charge in [0, 0.05) is 38.2 Å². The van der Waals surface area contributed by atoms with Gasteiger partial charge in [0.1, 0.15) is 0 Å². The Morgan fingerprint density at radius 3 is 0.765 bits per heavy atom. The second-order valence-electron chi connectivity index (χ2n) is 21.1. The molecule has 0 aliphatic carbocycles. The van der Waals surface area contributed by atoms with Crippen LogP contribution in [0.2, 0.25) is 0 Å². The van der Waals surface area contributed by atoms with Crippen molar-refractivity contribution in [3.63, 3.8) is 0 Å². The third-order valence-corrected chi connectivity index (χ3v) is 16.6. The lowest BCUT2D eigenvalue weighted by Crippen LogP contribution is -2.23. The summed E-state index contributed by atoms with van der Waals surface area (Å²) in [5.74, 6) is 0. The van der Waals surface area contributed by atoms with E-state index in [-0.39, 0.29) is 0 Å². The van der Waals surface area contributed by atoms with Gasteiger partial charge in [0.05, 0.1) is 68.2 Å². The topological polar surface area (TPSA) is 19.4 Å². The van der Waals surface area contributed by atoms with Crippen molar-refractivity contribution in [2.45, 2.75) is 0 Å². The summed E-state index contributed by atoms with van der Waals surface area (Å²) < 4.78 is 0. The van der Waals surface area contributed by atoms with Gasteiger partial charge in [0.2, 0.25) is 0 Å². The Kier molecular flexibility index (Phi) is 11.4. The number of hydrogen-bond donors (Lipinski definition) is 0. The van der Waals surface area contributed by atoms with Crippen LogP contribution in [-0.4, -0.2) is 21.1 Å². The zero-order valence-corrected chi connectivity index (χ0v) is 45.3. The number of para-hydroxylation sites is 12. The number of hydrogen-bond acceptors (Lipinski definition) is 6. The Balaban J connectivity index is 0.912. The van der Waals surface area contributed by atoms with Crippen LogP contribution in [0.1, 0.15) is 0 Å². The normalized spacial score (nSPS) is 13.0. The van der Waals surface area contributed by atoms with Crippen LogP contribution in [0.3, 0.4) is 0 Å². The molecule has 0 radical (unpaired) electrons. The van der Waals surface area contributed by atoms with Crippen molar-refractivity contribution in [3.05, 3.63) is 285 Å². The van der Waals surface area contributed by atoms with Gasteiger partial charge in [-0.2, -0.15) is 0 Å². The zero-order chi connectivity index (χ0) is 54.1. The van der Waals surface area contributed by atoms with Crippen molar-refractivity contribution < 1.29 is 0 Å². The molecule has 3 aliphatic rings. The van der Waals surface area contributed by atoms with Crippen molar-refractivity contribution in [2.24, 2.45) is 0 Å². The minimum Gasteiger partial charge on any atom is -0.341 e. The summed E-state index contributed by atoms with van der Waals surface area (Å²) in [4.78, 5) is 14.1. The summed E-state index contributed by atoms with van der Waals surface area (Å²) in [5, 5.41) is 0. The zero-order valence-electron chi connectivity index (χ0n) is 45.3. The molecule has 0 saturated heterocycles. The Hall–Kier alpha value is -10.6. The van der Waals surface area contributed by atoms with Crippen LogP contribution >= 0.6 is 0 Å². The Bertz CT molecular complexity index is 4250. The molecule has 0 fully saturated rings. The number of benzene rings is 12. The summed E-state index contributed by atoms with van der Waals surface area (Å²) >= 11 is 0. The van der Waals surface area contributed by atoms with Gasteiger partial charge >= 0.3 is 0 Å². The van der Waals surface area contributed by atoms with Gasteiger partial charge in [0.25, 0.3) is 0 Å². The second-order valence-corrected chi connectivity index (χ2v) is 21.1. The molecule has 0 spiro atoms. The van der Waals surface area contributed by atoms with E-state index in [9.17, 15) is 0 Å². The summed E-state index contributed by atoms with van der Waals surface area (Å²) in [6.07, 6.45) is 0. The summed E-state index contributed by atoms with van der Waals surface area (Å²) in [6.45, 7) is 0. The molecular formula is C75H56N6. The minimum absolute atomic E-state index is 1.10. The highest BCUT2D eigenvalue weighted by Crippen LogP contribution is 2.55. The number of fused-ring (bicyclic) bond motifs is 6. The van der Waals surface area contributed by atoms with Crippen LogP contribution < -0.4 is 29.4 Å². The second kappa shape index (κ2) is 19.4. The van der Waals surface area contributed by atoms with Crippen molar-refractivity contribution in [3.8, 4) is 55.6 Å². The number of rotatable bonds is 8. The first kappa shape index (κ1) is 47.6. The molecule has 386 valence electrons. The van der Waals surface area contributed by atoms with E-state index >= 15 is 0 Å². The molecule has 0 N–H and O–H groups in total. The first-order valence-corrected chi connectivity index (χ1v) is 27.8. The smallest absolute Gasteiger partial charge is 0.0699 e. The highest BCUT2D eigenvalue weighted by Gasteiger charge is 2.31. The van der Waals surface area contributed by atoms with E-state index in [0.717, 1.165) is 118 Å². The van der Waals surface area contributed by atoms with Crippen LogP contribution in [0.15, 0.2) is 285 Å². The molecule has 3 aliphatic heterocycles. The molecule has 0 aromatic heterocycles. The third-order valence-electron chi connectivity index (χ3n) is 16.6. The lowest BCUT2D eigenvalue weighted by molar-refractivity contribution is 1.13. The van der Waals surface area contributed by atoms with Gasteiger partial charge in [-0.05, 0) is 165 Å². The maximum Gasteiger partial charge on any atom is 0.0699 e. The average Bonchev–Trinajstić information content (AvgIpc) is 3.61. The van der Waals surface area contributed by atoms with Crippen LogP contribution in [0, 0.1) is 0 Å². The Morgan fingerprint density at radius 2 is 0.432 bits per heavy atom. The summed E-state index contributed by atoms with van der Waals surface area (Å²) in [6, 6.07) is 104. The van der Waals surface area contributed by atoms with Crippen LogP contribution in [0.25, 0.3) is 55.6 Å². The van der Waals surface area contributed by atoms with Gasteiger partial charge in [-0.3, -0.25) is 0 Å². The van der Waals surface area contributed by atoms with E-state index in [4.69, 9.17) is 0 Å². The predicted molar refractivity (Wildman–Crippen MR) is 342 cm³/mol. The predicted octanol–water partition coefficient (Wildman–Crippen LogP) is 20.7. The van der Waals surface area contributed by atoms with Gasteiger partial charge in [0.15, 0.2) is 0 Å². The molecule has 0 atom stereocenters. The lowest BCUT2D eigenvalue weighted by Gasteiger charge is -2.38. The summed E-state index contributed by atoms with van der Waals surface area (Å²) in [7, 11) is 6.48. The SMILES string of the molecule is CN1c2ccccc2N(c2cccc(-c3ccc(-c4c(-c5cccc(N6c7ccccc7N(C)c7ccccc76)c5)ccc(-c5cccc(N6c7ccccc7N(C)c7ccccc76)c5)c4-c4ccccc4)cc3)c2)c2ccccc21. The fraction of sp³-hybridized carbons (Fsp3) is 0.0400. The average molecular weight is 1040 g/mol. The highest BCUT2D eigenvalue weighted by atomic mass is 15.3. The van der Waals surface area contributed by atoms with E-state index in [0.29, 0.717) is 0 Å². The molecule has 6 nitrogen and oxygen atoms in total. The van der Waals surface area contributed by atoms with Gasteiger partial charge in [-0.15, -0.1) is 0 Å². The maximum absolute atomic E-state index is 2.42. The van der Waals surface area contributed by atoms with Crippen molar-refractivity contribution in [2.75, 3.05) is 50.5 Å². The third kappa shape index (κ3) is 7.86. The van der Waals surface area contributed by atoms with E-state index in [1.54, 1.807) is 0 Å².